The molecule has 0 aliphatic carbocycles. The number of rotatable bonds is 3. The third-order valence-electron chi connectivity index (χ3n) is 3.41. The maximum atomic E-state index is 13.6. The van der Waals surface area contributed by atoms with E-state index in [9.17, 15) is 13.6 Å². The second-order valence-corrected chi connectivity index (χ2v) is 4.90. The minimum absolute atomic E-state index is 0.157. The van der Waals surface area contributed by atoms with Gasteiger partial charge in [0.1, 0.15) is 11.6 Å². The third kappa shape index (κ3) is 3.50. The van der Waals surface area contributed by atoms with Crippen LogP contribution in [0.1, 0.15) is 37.8 Å². The molecule has 2 atom stereocenters. The molecule has 1 aromatic rings. The average Bonchev–Trinajstić information content (AvgIpc) is 2.42. The van der Waals surface area contributed by atoms with Gasteiger partial charge in [0.25, 0.3) is 0 Å². The van der Waals surface area contributed by atoms with Crippen LogP contribution in [0.25, 0.3) is 0 Å². The summed E-state index contributed by atoms with van der Waals surface area (Å²) in [5, 5.41) is 5.85. The van der Waals surface area contributed by atoms with E-state index in [4.69, 9.17) is 0 Å². The third-order valence-corrected chi connectivity index (χ3v) is 3.41. The molecule has 0 saturated carbocycles. The van der Waals surface area contributed by atoms with Crippen molar-refractivity contribution in [2.75, 3.05) is 6.54 Å². The molecule has 19 heavy (non-hydrogen) atoms. The molecule has 2 rings (SSSR count). The Kier molecular flexibility index (Phi) is 4.47. The molecular weight excluding hydrogens is 250 g/mol. The Labute approximate surface area is 111 Å². The zero-order chi connectivity index (χ0) is 13.8. The number of benzene rings is 1. The highest BCUT2D eigenvalue weighted by Crippen LogP contribution is 2.18. The lowest BCUT2D eigenvalue weighted by atomic mass is 10.0. The average molecular weight is 268 g/mol. The van der Waals surface area contributed by atoms with Gasteiger partial charge in [-0.3, -0.25) is 4.79 Å². The number of nitrogens with one attached hydrogen (secondary N) is 2. The number of amides is 1. The molecule has 3 nitrogen and oxygen atoms in total. The van der Waals surface area contributed by atoms with Crippen LogP contribution in [-0.4, -0.2) is 18.5 Å². The highest BCUT2D eigenvalue weighted by molar-refractivity contribution is 5.82. The maximum absolute atomic E-state index is 13.6. The van der Waals surface area contributed by atoms with Gasteiger partial charge < -0.3 is 10.6 Å². The number of hydrogen-bond donors (Lipinski definition) is 2. The van der Waals surface area contributed by atoms with Gasteiger partial charge in [-0.15, -0.1) is 0 Å². The van der Waals surface area contributed by atoms with Gasteiger partial charge in [0.15, 0.2) is 0 Å². The molecular formula is C14H18F2N2O. The van der Waals surface area contributed by atoms with Gasteiger partial charge in [0.05, 0.1) is 12.1 Å². The van der Waals surface area contributed by atoms with E-state index in [-0.39, 0.29) is 17.5 Å². The number of hydrogen-bond acceptors (Lipinski definition) is 2. The first-order chi connectivity index (χ1) is 9.08. The van der Waals surface area contributed by atoms with Crippen molar-refractivity contribution in [2.24, 2.45) is 0 Å². The smallest absolute Gasteiger partial charge is 0.237 e. The van der Waals surface area contributed by atoms with Gasteiger partial charge in [-0.25, -0.2) is 8.78 Å². The molecule has 2 N–H and O–H groups in total. The first-order valence-electron chi connectivity index (χ1n) is 6.56. The van der Waals surface area contributed by atoms with Gasteiger partial charge in [-0.1, -0.05) is 6.42 Å². The number of halogens is 2. The fourth-order valence-corrected chi connectivity index (χ4v) is 2.31. The summed E-state index contributed by atoms with van der Waals surface area (Å²) in [6, 6.07) is 2.48. The highest BCUT2D eigenvalue weighted by Gasteiger charge is 2.23. The van der Waals surface area contributed by atoms with Crippen molar-refractivity contribution in [1.82, 2.24) is 10.6 Å². The molecule has 1 aromatic carbocycles. The van der Waals surface area contributed by atoms with E-state index in [1.165, 1.54) is 0 Å². The molecule has 1 amide bonds. The molecule has 0 spiro atoms. The summed E-state index contributed by atoms with van der Waals surface area (Å²) in [6.07, 6.45) is 2.86. The minimum atomic E-state index is -0.549. The van der Waals surface area contributed by atoms with Gasteiger partial charge >= 0.3 is 0 Å². The summed E-state index contributed by atoms with van der Waals surface area (Å²) in [5.41, 5.74) is 0.171. The standard InChI is InChI=1S/C14H18F2N2O/c1-9(11-8-10(15)5-6-12(11)16)18-14(19)13-4-2-3-7-17-13/h5-6,8-9,13,17H,2-4,7H2,1H3,(H,18,19). The summed E-state index contributed by atoms with van der Waals surface area (Å²) in [4.78, 5) is 12.0. The van der Waals surface area contributed by atoms with E-state index in [2.05, 4.69) is 10.6 Å². The quantitative estimate of drug-likeness (QED) is 0.883. The molecule has 0 radical (unpaired) electrons. The minimum Gasteiger partial charge on any atom is -0.348 e. The van der Waals surface area contributed by atoms with Crippen LogP contribution in [0.5, 0.6) is 0 Å². The zero-order valence-corrected chi connectivity index (χ0v) is 10.9. The van der Waals surface area contributed by atoms with Crippen LogP contribution in [0.4, 0.5) is 8.78 Å². The lowest BCUT2D eigenvalue weighted by molar-refractivity contribution is -0.124. The second-order valence-electron chi connectivity index (χ2n) is 4.90. The van der Waals surface area contributed by atoms with Gasteiger partial charge in [-0.05, 0) is 44.5 Å². The van der Waals surface area contributed by atoms with Crippen molar-refractivity contribution in [1.29, 1.82) is 0 Å². The van der Waals surface area contributed by atoms with E-state index in [0.29, 0.717) is 0 Å². The Morgan fingerprint density at radius 3 is 2.89 bits per heavy atom. The summed E-state index contributed by atoms with van der Waals surface area (Å²) < 4.78 is 26.7. The van der Waals surface area contributed by atoms with Gasteiger partial charge in [-0.2, -0.15) is 0 Å². The molecule has 0 aromatic heterocycles. The van der Waals surface area contributed by atoms with Crippen molar-refractivity contribution in [3.05, 3.63) is 35.4 Å². The van der Waals surface area contributed by atoms with Crippen molar-refractivity contribution >= 4 is 5.91 Å². The van der Waals surface area contributed by atoms with Gasteiger partial charge in [0.2, 0.25) is 5.91 Å². The Bertz CT molecular complexity index is 459. The van der Waals surface area contributed by atoms with Crippen LogP contribution in [-0.2, 0) is 4.79 Å². The fourth-order valence-electron chi connectivity index (χ4n) is 2.31. The Morgan fingerprint density at radius 1 is 1.42 bits per heavy atom. The number of carbonyl (C=O) groups is 1. The lowest BCUT2D eigenvalue weighted by Crippen LogP contribution is -2.47. The Hall–Kier alpha value is -1.49. The summed E-state index contributed by atoms with van der Waals surface area (Å²) in [7, 11) is 0. The lowest BCUT2D eigenvalue weighted by Gasteiger charge is -2.24. The topological polar surface area (TPSA) is 41.1 Å². The first-order valence-corrected chi connectivity index (χ1v) is 6.56. The predicted molar refractivity (Wildman–Crippen MR) is 68.6 cm³/mol. The molecule has 1 saturated heterocycles. The van der Waals surface area contributed by atoms with Crippen LogP contribution in [0.2, 0.25) is 0 Å². The summed E-state index contributed by atoms with van der Waals surface area (Å²) >= 11 is 0. The summed E-state index contributed by atoms with van der Waals surface area (Å²) in [6.45, 7) is 2.47. The molecule has 0 bridgehead atoms. The zero-order valence-electron chi connectivity index (χ0n) is 10.9. The second kappa shape index (κ2) is 6.10. The highest BCUT2D eigenvalue weighted by atomic mass is 19.1. The van der Waals surface area contributed by atoms with Crippen LogP contribution in [0.15, 0.2) is 18.2 Å². The van der Waals surface area contributed by atoms with Crippen molar-refractivity contribution < 1.29 is 13.6 Å². The van der Waals surface area contributed by atoms with Crippen LogP contribution in [0, 0.1) is 11.6 Å². The van der Waals surface area contributed by atoms with Gasteiger partial charge in [0, 0.05) is 5.56 Å². The monoisotopic (exact) mass is 268 g/mol. The van der Waals surface area contributed by atoms with E-state index in [1.54, 1.807) is 6.92 Å². The largest absolute Gasteiger partial charge is 0.348 e. The summed E-state index contributed by atoms with van der Waals surface area (Å²) in [5.74, 6) is -1.17. The Balaban J connectivity index is 2.01. The van der Waals surface area contributed by atoms with Crippen molar-refractivity contribution in [2.45, 2.75) is 38.3 Å². The normalized spacial score (nSPS) is 20.9. The van der Waals surface area contributed by atoms with E-state index in [0.717, 1.165) is 44.0 Å². The molecule has 2 unspecified atom stereocenters. The molecule has 1 heterocycles. The molecule has 104 valence electrons. The Morgan fingerprint density at radius 2 is 2.21 bits per heavy atom. The molecule has 1 fully saturated rings. The fraction of sp³-hybridized carbons (Fsp3) is 0.500. The first kappa shape index (κ1) is 13.9. The number of piperidine rings is 1. The van der Waals surface area contributed by atoms with E-state index >= 15 is 0 Å². The van der Waals surface area contributed by atoms with E-state index < -0.39 is 17.7 Å². The molecule has 1 aliphatic rings. The van der Waals surface area contributed by atoms with Crippen LogP contribution >= 0.6 is 0 Å². The predicted octanol–water partition coefficient (Wildman–Crippen LogP) is 2.28. The molecule has 5 heteroatoms. The SMILES string of the molecule is CC(NC(=O)C1CCCCN1)c1cc(F)ccc1F. The van der Waals surface area contributed by atoms with E-state index in [1.807, 2.05) is 0 Å². The van der Waals surface area contributed by atoms with Crippen LogP contribution < -0.4 is 10.6 Å². The molecule has 1 aliphatic heterocycles. The van der Waals surface area contributed by atoms with Crippen molar-refractivity contribution in [3.8, 4) is 0 Å². The maximum Gasteiger partial charge on any atom is 0.237 e. The van der Waals surface area contributed by atoms with Crippen LogP contribution in [0.3, 0.4) is 0 Å². The van der Waals surface area contributed by atoms with Crippen molar-refractivity contribution in [3.63, 3.8) is 0 Å². The number of carbonyl (C=O) groups excluding carboxylic acids is 1.